The van der Waals surface area contributed by atoms with E-state index in [0.717, 1.165) is 0 Å². The lowest BCUT2D eigenvalue weighted by molar-refractivity contribution is 0.261. The fourth-order valence-electron chi connectivity index (χ4n) is 0. The van der Waals surface area contributed by atoms with Gasteiger partial charge in [0.2, 0.25) is 0 Å². The van der Waals surface area contributed by atoms with Gasteiger partial charge in [-0.05, 0) is 13.8 Å². The fraction of sp³-hybridized carbons (Fsp3) is 1.00. The molecule has 0 aromatic rings. The van der Waals surface area contributed by atoms with Gasteiger partial charge in [0.05, 0.1) is 11.5 Å². The zero-order chi connectivity index (χ0) is 5.21. The Labute approximate surface area is 42.9 Å². The summed E-state index contributed by atoms with van der Waals surface area (Å²) in [6.07, 6.45) is 0. The summed E-state index contributed by atoms with van der Waals surface area (Å²) in [5.41, 5.74) is 0. The first-order chi connectivity index (χ1) is 2.56. The lowest BCUT2D eigenvalue weighted by Gasteiger charge is -2.08. The van der Waals surface area contributed by atoms with Crippen LogP contribution in [-0.2, 0) is 0 Å². The molecule has 0 spiro atoms. The first-order valence-corrected chi connectivity index (χ1v) is 2.24. The van der Waals surface area contributed by atoms with Crippen LogP contribution in [0.25, 0.3) is 0 Å². The van der Waals surface area contributed by atoms with Crippen LogP contribution in [0.15, 0.2) is 0 Å². The molecule has 0 heterocycles. The molecule has 0 saturated carbocycles. The van der Waals surface area contributed by atoms with E-state index in [2.05, 4.69) is 0 Å². The molecule has 0 aromatic carbocycles. The summed E-state index contributed by atoms with van der Waals surface area (Å²) in [6.45, 7) is 3.55. The second-order valence-electron chi connectivity index (χ2n) is 1.88. The van der Waals surface area contributed by atoms with Crippen LogP contribution < -0.4 is 0 Å². The summed E-state index contributed by atoms with van der Waals surface area (Å²) in [5.74, 6) is 0. The van der Waals surface area contributed by atoms with Crippen LogP contribution in [-0.4, -0.2) is 16.6 Å². The van der Waals surface area contributed by atoms with Crippen molar-refractivity contribution in [2.45, 2.75) is 18.7 Å². The number of aliphatic hydroxyl groups is 1. The van der Waals surface area contributed by atoms with Crippen LogP contribution >= 0.6 is 11.6 Å². The number of hydrogen-bond acceptors (Lipinski definition) is 1. The van der Waals surface area contributed by atoms with Gasteiger partial charge in [0, 0.05) is 0 Å². The molecule has 6 heavy (non-hydrogen) atoms. The predicted molar refractivity (Wildman–Crippen MR) is 27.0 cm³/mol. The van der Waals surface area contributed by atoms with Crippen LogP contribution in [0.3, 0.4) is 0 Å². The van der Waals surface area contributed by atoms with Gasteiger partial charge in [-0.2, -0.15) is 0 Å². The van der Waals surface area contributed by atoms with Gasteiger partial charge >= 0.3 is 0 Å². The molecule has 0 aromatic heterocycles. The third-order valence-corrected chi connectivity index (χ3v) is 0.496. The standard InChI is InChI=1S/C4H9ClO/c1-4(2,5)3-6/h6H,3H2,1-2H3. The second-order valence-corrected chi connectivity index (χ2v) is 2.90. The maximum atomic E-state index is 8.27. The van der Waals surface area contributed by atoms with E-state index in [9.17, 15) is 0 Å². The SMILES string of the molecule is CC(C)(Cl)CO. The Bertz CT molecular complexity index is 37.3. The molecular weight excluding hydrogens is 99.5 g/mol. The van der Waals surface area contributed by atoms with Crippen molar-refractivity contribution in [3.63, 3.8) is 0 Å². The molecule has 0 atom stereocenters. The number of alkyl halides is 1. The summed E-state index contributed by atoms with van der Waals surface area (Å²) in [6, 6.07) is 0. The molecule has 0 saturated heterocycles. The highest BCUT2D eigenvalue weighted by molar-refractivity contribution is 6.23. The fourth-order valence-corrected chi connectivity index (χ4v) is 0. The van der Waals surface area contributed by atoms with Crippen molar-refractivity contribution in [2.75, 3.05) is 6.61 Å². The van der Waals surface area contributed by atoms with Crippen molar-refractivity contribution in [2.24, 2.45) is 0 Å². The van der Waals surface area contributed by atoms with Crippen molar-refractivity contribution >= 4 is 11.6 Å². The van der Waals surface area contributed by atoms with Gasteiger partial charge in [0.15, 0.2) is 0 Å². The summed E-state index contributed by atoms with van der Waals surface area (Å²) in [5, 5.41) is 8.27. The molecule has 0 radical (unpaired) electrons. The van der Waals surface area contributed by atoms with Gasteiger partial charge in [-0.1, -0.05) is 0 Å². The first kappa shape index (κ1) is 6.25. The van der Waals surface area contributed by atoms with Crippen LogP contribution in [0, 0.1) is 0 Å². The van der Waals surface area contributed by atoms with Gasteiger partial charge in [0.25, 0.3) is 0 Å². The molecule has 38 valence electrons. The summed E-state index contributed by atoms with van der Waals surface area (Å²) in [4.78, 5) is -0.431. The number of halogens is 1. The molecule has 1 N–H and O–H groups in total. The number of hydrogen-bond donors (Lipinski definition) is 1. The van der Waals surface area contributed by atoms with Crippen LogP contribution in [0.4, 0.5) is 0 Å². The average Bonchev–Trinajstić information content (AvgIpc) is 1.35. The molecule has 0 aliphatic heterocycles. The zero-order valence-corrected chi connectivity index (χ0v) is 4.79. The minimum absolute atomic E-state index is 0.0363. The van der Waals surface area contributed by atoms with Crippen LogP contribution in [0.2, 0.25) is 0 Å². The smallest absolute Gasteiger partial charge is 0.0620 e. The average molecular weight is 109 g/mol. The quantitative estimate of drug-likeness (QED) is 0.497. The maximum absolute atomic E-state index is 8.27. The van der Waals surface area contributed by atoms with Crippen LogP contribution in [0.5, 0.6) is 0 Å². The summed E-state index contributed by atoms with van der Waals surface area (Å²) < 4.78 is 0. The minimum Gasteiger partial charge on any atom is -0.395 e. The predicted octanol–water partition coefficient (Wildman–Crippen LogP) is 0.996. The van der Waals surface area contributed by atoms with E-state index in [4.69, 9.17) is 16.7 Å². The molecule has 0 unspecified atom stereocenters. The highest BCUT2D eigenvalue weighted by atomic mass is 35.5. The molecule has 0 fully saturated rings. The lowest BCUT2D eigenvalue weighted by atomic mass is 10.2. The second kappa shape index (κ2) is 1.80. The van der Waals surface area contributed by atoms with E-state index in [-0.39, 0.29) is 6.61 Å². The van der Waals surface area contributed by atoms with Crippen molar-refractivity contribution in [1.82, 2.24) is 0 Å². The molecule has 1 nitrogen and oxygen atoms in total. The van der Waals surface area contributed by atoms with Gasteiger partial charge in [-0.3, -0.25) is 0 Å². The Morgan fingerprint density at radius 3 is 1.83 bits per heavy atom. The molecule has 2 heteroatoms. The van der Waals surface area contributed by atoms with Crippen molar-refractivity contribution < 1.29 is 5.11 Å². The largest absolute Gasteiger partial charge is 0.395 e. The Balaban J connectivity index is 3.17. The van der Waals surface area contributed by atoms with Gasteiger partial charge in [-0.15, -0.1) is 11.6 Å². The lowest BCUT2D eigenvalue weighted by Crippen LogP contribution is -2.14. The minimum atomic E-state index is -0.431. The maximum Gasteiger partial charge on any atom is 0.0620 e. The van der Waals surface area contributed by atoms with Crippen molar-refractivity contribution in [3.05, 3.63) is 0 Å². The van der Waals surface area contributed by atoms with E-state index in [1.165, 1.54) is 0 Å². The van der Waals surface area contributed by atoms with E-state index < -0.39 is 4.87 Å². The first-order valence-electron chi connectivity index (χ1n) is 1.86. The normalized spacial score (nSPS) is 12.0. The van der Waals surface area contributed by atoms with Gasteiger partial charge in [0.1, 0.15) is 0 Å². The third kappa shape index (κ3) is 4.25. The molecule has 0 bridgehead atoms. The van der Waals surface area contributed by atoms with Gasteiger partial charge in [-0.25, -0.2) is 0 Å². The zero-order valence-electron chi connectivity index (χ0n) is 4.03. The molecule has 0 amide bonds. The van der Waals surface area contributed by atoms with Crippen molar-refractivity contribution in [3.8, 4) is 0 Å². The Kier molecular flexibility index (Phi) is 1.88. The molecule has 0 aliphatic rings. The molecule has 0 aliphatic carbocycles. The highest BCUT2D eigenvalue weighted by Gasteiger charge is 2.08. The third-order valence-electron chi connectivity index (χ3n) is 0.376. The van der Waals surface area contributed by atoms with Crippen LogP contribution in [0.1, 0.15) is 13.8 Å². The Morgan fingerprint density at radius 2 is 1.83 bits per heavy atom. The number of aliphatic hydroxyl groups excluding tert-OH is 1. The van der Waals surface area contributed by atoms with E-state index >= 15 is 0 Å². The van der Waals surface area contributed by atoms with E-state index in [1.807, 2.05) is 0 Å². The summed E-state index contributed by atoms with van der Waals surface area (Å²) in [7, 11) is 0. The highest BCUT2D eigenvalue weighted by Crippen LogP contribution is 2.08. The van der Waals surface area contributed by atoms with Gasteiger partial charge < -0.3 is 5.11 Å². The number of rotatable bonds is 1. The molecular formula is C4H9ClO. The Morgan fingerprint density at radius 1 is 1.67 bits per heavy atom. The Hall–Kier alpha value is 0.250. The molecule has 0 rings (SSSR count). The monoisotopic (exact) mass is 108 g/mol. The summed E-state index contributed by atoms with van der Waals surface area (Å²) >= 11 is 5.47. The van der Waals surface area contributed by atoms with E-state index in [0.29, 0.717) is 0 Å². The van der Waals surface area contributed by atoms with E-state index in [1.54, 1.807) is 13.8 Å². The topological polar surface area (TPSA) is 20.2 Å². The van der Waals surface area contributed by atoms with Crippen molar-refractivity contribution in [1.29, 1.82) is 0 Å².